The molecule has 2 N–H and O–H groups in total. The summed E-state index contributed by atoms with van der Waals surface area (Å²) in [6.45, 7) is 6.51. The minimum absolute atomic E-state index is 0.235. The van der Waals surface area contributed by atoms with Gasteiger partial charge >= 0.3 is 6.09 Å². The quantitative estimate of drug-likeness (QED) is 0.863. The molecule has 110 valence electrons. The number of anilines is 1. The van der Waals surface area contributed by atoms with Gasteiger partial charge in [-0.15, -0.1) is 0 Å². The topological polar surface area (TPSA) is 50.4 Å². The lowest BCUT2D eigenvalue weighted by atomic mass is 10.0. The monoisotopic (exact) mass is 296 g/mol. The molecule has 1 atom stereocenters. The minimum atomic E-state index is -0.512. The Morgan fingerprint density at radius 2 is 2.20 bits per heavy atom. The summed E-state index contributed by atoms with van der Waals surface area (Å²) in [6, 6.07) is 5.73. The molecule has 4 nitrogen and oxygen atoms in total. The average Bonchev–Trinajstić information content (AvgIpc) is 2.82. The normalized spacial score (nSPS) is 18.9. The van der Waals surface area contributed by atoms with Crippen LogP contribution in [0.1, 0.15) is 45.2 Å². The number of nitrogens with one attached hydrogen (secondary N) is 2. The Morgan fingerprint density at radius 1 is 1.45 bits per heavy atom. The average molecular weight is 297 g/mol. The van der Waals surface area contributed by atoms with Gasteiger partial charge in [-0.2, -0.15) is 0 Å². The number of ether oxygens (including phenoxy) is 1. The molecule has 1 unspecified atom stereocenters. The first-order valence-electron chi connectivity index (χ1n) is 6.88. The molecule has 0 saturated carbocycles. The summed E-state index contributed by atoms with van der Waals surface area (Å²) in [5, 5.41) is 6.89. The van der Waals surface area contributed by atoms with Crippen molar-refractivity contribution in [1.29, 1.82) is 0 Å². The van der Waals surface area contributed by atoms with Crippen molar-refractivity contribution in [3.05, 3.63) is 28.8 Å². The van der Waals surface area contributed by atoms with Gasteiger partial charge in [0.15, 0.2) is 0 Å². The number of carbonyl (C=O) groups excluding carboxylic acids is 1. The van der Waals surface area contributed by atoms with E-state index >= 15 is 0 Å². The zero-order valence-electron chi connectivity index (χ0n) is 12.1. The second-order valence-corrected chi connectivity index (χ2v) is 6.44. The fourth-order valence-electron chi connectivity index (χ4n) is 2.30. The molecule has 1 amide bonds. The van der Waals surface area contributed by atoms with E-state index in [0.29, 0.717) is 5.02 Å². The van der Waals surface area contributed by atoms with Crippen LogP contribution >= 0.6 is 11.6 Å². The summed E-state index contributed by atoms with van der Waals surface area (Å²) in [5.41, 5.74) is 1.26. The Kier molecular flexibility index (Phi) is 4.55. The first-order chi connectivity index (χ1) is 9.35. The fraction of sp³-hybridized carbons (Fsp3) is 0.533. The number of halogens is 1. The van der Waals surface area contributed by atoms with Gasteiger partial charge in [0.25, 0.3) is 0 Å². The van der Waals surface area contributed by atoms with Gasteiger partial charge in [0.1, 0.15) is 5.60 Å². The van der Waals surface area contributed by atoms with Crippen molar-refractivity contribution in [3.8, 4) is 0 Å². The number of carbonyl (C=O) groups is 1. The fourth-order valence-corrected chi connectivity index (χ4v) is 2.48. The van der Waals surface area contributed by atoms with Crippen LogP contribution in [0.5, 0.6) is 0 Å². The number of rotatable bonds is 2. The van der Waals surface area contributed by atoms with Gasteiger partial charge in [-0.05, 0) is 63.9 Å². The van der Waals surface area contributed by atoms with E-state index in [1.165, 1.54) is 0 Å². The Morgan fingerprint density at radius 3 is 2.80 bits per heavy atom. The number of benzene rings is 1. The molecule has 0 bridgehead atoms. The number of hydrogen-bond acceptors (Lipinski definition) is 3. The minimum Gasteiger partial charge on any atom is -0.444 e. The summed E-state index contributed by atoms with van der Waals surface area (Å²) >= 11 is 6.07. The highest BCUT2D eigenvalue weighted by molar-refractivity contribution is 6.30. The highest BCUT2D eigenvalue weighted by atomic mass is 35.5. The molecular formula is C15H21ClN2O2. The van der Waals surface area contributed by atoms with E-state index in [1.54, 1.807) is 6.07 Å². The predicted octanol–water partition coefficient (Wildman–Crippen LogP) is 4.11. The highest BCUT2D eigenvalue weighted by Gasteiger charge is 2.22. The number of hydrogen-bond donors (Lipinski definition) is 2. The molecule has 0 radical (unpaired) electrons. The molecular weight excluding hydrogens is 276 g/mol. The summed E-state index contributed by atoms with van der Waals surface area (Å²) < 4.78 is 5.29. The standard InChI is InChI=1S/C15H21ClN2O2/c1-15(2,3)20-14(19)18-13-7-6-10(16)9-11(13)12-5-4-8-17-12/h6-7,9,12,17H,4-5,8H2,1-3H3,(H,18,19). The van der Waals surface area contributed by atoms with Crippen LogP contribution in [0, 0.1) is 0 Å². The van der Waals surface area contributed by atoms with E-state index in [-0.39, 0.29) is 6.04 Å². The van der Waals surface area contributed by atoms with Crippen LogP contribution in [0.4, 0.5) is 10.5 Å². The highest BCUT2D eigenvalue weighted by Crippen LogP contribution is 2.31. The molecule has 1 aromatic rings. The lowest BCUT2D eigenvalue weighted by molar-refractivity contribution is 0.0635. The van der Waals surface area contributed by atoms with Crippen molar-refractivity contribution < 1.29 is 9.53 Å². The van der Waals surface area contributed by atoms with Gasteiger partial charge in [0, 0.05) is 16.8 Å². The van der Waals surface area contributed by atoms with Crippen molar-refractivity contribution in [1.82, 2.24) is 5.32 Å². The van der Waals surface area contributed by atoms with Crippen LogP contribution in [0.2, 0.25) is 5.02 Å². The first-order valence-corrected chi connectivity index (χ1v) is 7.26. The van der Waals surface area contributed by atoms with Gasteiger partial charge in [-0.25, -0.2) is 4.79 Å². The van der Waals surface area contributed by atoms with E-state index < -0.39 is 11.7 Å². The summed E-state index contributed by atoms with van der Waals surface area (Å²) in [7, 11) is 0. The molecule has 0 aliphatic carbocycles. The molecule has 1 aromatic carbocycles. The predicted molar refractivity (Wildman–Crippen MR) is 81.3 cm³/mol. The molecule has 1 fully saturated rings. The number of amides is 1. The molecule has 5 heteroatoms. The SMILES string of the molecule is CC(C)(C)OC(=O)Nc1ccc(Cl)cc1C1CCCN1. The van der Waals surface area contributed by atoms with Crippen LogP contribution in [-0.2, 0) is 4.74 Å². The van der Waals surface area contributed by atoms with Crippen LogP contribution in [0.15, 0.2) is 18.2 Å². The Balaban J connectivity index is 2.16. The second-order valence-electron chi connectivity index (χ2n) is 6.01. The molecule has 0 spiro atoms. The van der Waals surface area contributed by atoms with E-state index in [9.17, 15) is 4.79 Å². The Bertz CT molecular complexity index is 491. The van der Waals surface area contributed by atoms with Crippen LogP contribution in [0.3, 0.4) is 0 Å². The van der Waals surface area contributed by atoms with Gasteiger partial charge in [0.05, 0.1) is 0 Å². The van der Waals surface area contributed by atoms with Gasteiger partial charge in [0.2, 0.25) is 0 Å². The maximum absolute atomic E-state index is 11.9. The van der Waals surface area contributed by atoms with Crippen molar-refractivity contribution in [2.45, 2.75) is 45.3 Å². The maximum Gasteiger partial charge on any atom is 0.412 e. The lowest BCUT2D eigenvalue weighted by Gasteiger charge is -2.21. The third-order valence-electron chi connectivity index (χ3n) is 3.08. The summed E-state index contributed by atoms with van der Waals surface area (Å²) in [6.07, 6.45) is 1.73. The van der Waals surface area contributed by atoms with Crippen LogP contribution < -0.4 is 10.6 Å². The van der Waals surface area contributed by atoms with Crippen molar-refractivity contribution in [3.63, 3.8) is 0 Å². The van der Waals surface area contributed by atoms with Gasteiger partial charge in [-0.1, -0.05) is 11.6 Å². The largest absolute Gasteiger partial charge is 0.444 e. The van der Waals surface area contributed by atoms with Gasteiger partial charge in [-0.3, -0.25) is 5.32 Å². The molecule has 0 aromatic heterocycles. The molecule has 20 heavy (non-hydrogen) atoms. The van der Waals surface area contributed by atoms with Crippen LogP contribution in [-0.4, -0.2) is 18.2 Å². The van der Waals surface area contributed by atoms with Crippen molar-refractivity contribution in [2.75, 3.05) is 11.9 Å². The summed E-state index contributed by atoms with van der Waals surface area (Å²) in [4.78, 5) is 11.9. The molecule has 1 aliphatic rings. The third-order valence-corrected chi connectivity index (χ3v) is 3.32. The lowest BCUT2D eigenvalue weighted by Crippen LogP contribution is -2.28. The van der Waals surface area contributed by atoms with Crippen LogP contribution in [0.25, 0.3) is 0 Å². The first kappa shape index (κ1) is 15.1. The zero-order chi connectivity index (χ0) is 14.8. The van der Waals surface area contributed by atoms with E-state index in [2.05, 4.69) is 10.6 Å². The van der Waals surface area contributed by atoms with E-state index in [0.717, 1.165) is 30.6 Å². The molecule has 1 heterocycles. The molecule has 1 aliphatic heterocycles. The van der Waals surface area contributed by atoms with Crippen molar-refractivity contribution >= 4 is 23.4 Å². The van der Waals surface area contributed by atoms with Gasteiger partial charge < -0.3 is 10.1 Å². The van der Waals surface area contributed by atoms with E-state index in [1.807, 2.05) is 32.9 Å². The third kappa shape index (κ3) is 4.12. The Labute approximate surface area is 124 Å². The maximum atomic E-state index is 11.9. The second kappa shape index (κ2) is 6.02. The molecule has 2 rings (SSSR count). The smallest absolute Gasteiger partial charge is 0.412 e. The molecule has 1 saturated heterocycles. The Hall–Kier alpha value is -1.26. The zero-order valence-corrected chi connectivity index (χ0v) is 12.9. The summed E-state index contributed by atoms with van der Waals surface area (Å²) in [5.74, 6) is 0. The van der Waals surface area contributed by atoms with E-state index in [4.69, 9.17) is 16.3 Å². The van der Waals surface area contributed by atoms with Crippen molar-refractivity contribution in [2.24, 2.45) is 0 Å².